The molecule has 1 atom stereocenters. The summed E-state index contributed by atoms with van der Waals surface area (Å²) >= 11 is 6.19. The summed E-state index contributed by atoms with van der Waals surface area (Å²) in [5.74, 6) is -0.242. The molecule has 0 aliphatic carbocycles. The van der Waals surface area contributed by atoms with Crippen LogP contribution in [0.3, 0.4) is 0 Å². The lowest BCUT2D eigenvalue weighted by atomic mass is 9.90. The highest BCUT2D eigenvalue weighted by molar-refractivity contribution is 6.32. The van der Waals surface area contributed by atoms with Gasteiger partial charge >= 0.3 is 6.03 Å². The standard InChI is InChI=1S/C28H22ClN3O4/c1-28(20-15-14-18-8-2-3-9-19(18)16-20)26(34)32(27(35)31-28)17-25(33)30-22-11-5-7-13-24(22)36-23-12-6-4-10-21(23)29/h2-16H,17H2,1H3,(H,30,33)(H,31,35). The Morgan fingerprint density at radius 3 is 2.36 bits per heavy atom. The van der Waals surface area contributed by atoms with Gasteiger partial charge in [0, 0.05) is 0 Å². The Bertz CT molecular complexity index is 1510. The molecule has 1 fully saturated rings. The van der Waals surface area contributed by atoms with Gasteiger partial charge in [-0.2, -0.15) is 0 Å². The van der Waals surface area contributed by atoms with Crippen LogP contribution in [0.2, 0.25) is 5.02 Å². The van der Waals surface area contributed by atoms with E-state index in [0.29, 0.717) is 27.8 Å². The predicted molar refractivity (Wildman–Crippen MR) is 138 cm³/mol. The van der Waals surface area contributed by atoms with Crippen LogP contribution in [0.15, 0.2) is 91.0 Å². The molecule has 1 unspecified atom stereocenters. The zero-order chi connectivity index (χ0) is 25.3. The van der Waals surface area contributed by atoms with Crippen LogP contribution in [0.4, 0.5) is 10.5 Å². The Morgan fingerprint density at radius 1 is 0.917 bits per heavy atom. The summed E-state index contributed by atoms with van der Waals surface area (Å²) < 4.78 is 5.87. The fraction of sp³-hybridized carbons (Fsp3) is 0.107. The SMILES string of the molecule is CC1(c2ccc3ccccc3c2)NC(=O)N(CC(=O)Nc2ccccc2Oc2ccccc2Cl)C1=O. The van der Waals surface area contributed by atoms with Gasteiger partial charge in [0.25, 0.3) is 5.91 Å². The van der Waals surface area contributed by atoms with Crippen molar-refractivity contribution in [3.63, 3.8) is 0 Å². The second-order valence-corrected chi connectivity index (χ2v) is 8.99. The average Bonchev–Trinajstić information content (AvgIpc) is 3.10. The zero-order valence-corrected chi connectivity index (χ0v) is 20.1. The molecule has 5 rings (SSSR count). The first-order valence-corrected chi connectivity index (χ1v) is 11.7. The molecule has 4 aromatic rings. The zero-order valence-electron chi connectivity index (χ0n) is 19.3. The van der Waals surface area contributed by atoms with Crippen molar-refractivity contribution in [1.82, 2.24) is 10.2 Å². The molecule has 0 bridgehead atoms. The number of halogens is 1. The van der Waals surface area contributed by atoms with Crippen molar-refractivity contribution in [2.24, 2.45) is 0 Å². The lowest BCUT2D eigenvalue weighted by molar-refractivity contribution is -0.133. The fourth-order valence-corrected chi connectivity index (χ4v) is 4.35. The van der Waals surface area contributed by atoms with Crippen LogP contribution >= 0.6 is 11.6 Å². The van der Waals surface area contributed by atoms with Crippen molar-refractivity contribution in [3.05, 3.63) is 102 Å². The highest BCUT2D eigenvalue weighted by Gasteiger charge is 2.49. The summed E-state index contributed by atoms with van der Waals surface area (Å²) in [6, 6.07) is 26.5. The van der Waals surface area contributed by atoms with Crippen LogP contribution in [0.25, 0.3) is 10.8 Å². The molecule has 2 N–H and O–H groups in total. The van der Waals surface area contributed by atoms with Gasteiger partial charge < -0.3 is 15.4 Å². The summed E-state index contributed by atoms with van der Waals surface area (Å²) in [5, 5.41) is 7.87. The molecule has 4 amide bonds. The van der Waals surface area contributed by atoms with Crippen LogP contribution in [0, 0.1) is 0 Å². The highest BCUT2D eigenvalue weighted by atomic mass is 35.5. The fourth-order valence-electron chi connectivity index (χ4n) is 4.17. The number of ether oxygens (including phenoxy) is 1. The molecule has 0 radical (unpaired) electrons. The lowest BCUT2D eigenvalue weighted by Gasteiger charge is -2.22. The molecule has 7 nitrogen and oxygen atoms in total. The first-order chi connectivity index (χ1) is 17.3. The van der Waals surface area contributed by atoms with E-state index in [1.807, 2.05) is 42.5 Å². The molecular formula is C28H22ClN3O4. The molecule has 4 aromatic carbocycles. The average molecular weight is 500 g/mol. The third kappa shape index (κ3) is 4.36. The predicted octanol–water partition coefficient (Wildman–Crippen LogP) is 5.69. The number of benzene rings is 4. The molecule has 0 saturated carbocycles. The molecule has 8 heteroatoms. The van der Waals surface area contributed by atoms with Gasteiger partial charge in [0.1, 0.15) is 17.8 Å². The Balaban J connectivity index is 1.33. The normalized spacial score (nSPS) is 17.2. The van der Waals surface area contributed by atoms with E-state index in [0.717, 1.165) is 15.7 Å². The van der Waals surface area contributed by atoms with E-state index in [-0.39, 0.29) is 0 Å². The summed E-state index contributed by atoms with van der Waals surface area (Å²) in [4.78, 5) is 39.9. The van der Waals surface area contributed by atoms with Gasteiger partial charge in [-0.1, -0.05) is 72.3 Å². The number of amides is 4. The number of hydrogen-bond donors (Lipinski definition) is 2. The Morgan fingerprint density at radius 2 is 1.58 bits per heavy atom. The second-order valence-electron chi connectivity index (χ2n) is 8.59. The third-order valence-corrected chi connectivity index (χ3v) is 6.43. The van der Waals surface area contributed by atoms with Crippen molar-refractivity contribution in [3.8, 4) is 11.5 Å². The van der Waals surface area contributed by atoms with Gasteiger partial charge in [-0.25, -0.2) is 4.79 Å². The number of fused-ring (bicyclic) bond motifs is 1. The number of anilines is 1. The first kappa shape index (κ1) is 23.4. The second kappa shape index (κ2) is 9.36. The summed E-state index contributed by atoms with van der Waals surface area (Å²) in [6.45, 7) is 1.19. The number of para-hydroxylation sites is 3. The van der Waals surface area contributed by atoms with Crippen LogP contribution in [-0.2, 0) is 15.1 Å². The molecule has 36 heavy (non-hydrogen) atoms. The smallest absolute Gasteiger partial charge is 0.325 e. The molecule has 0 aromatic heterocycles. The van der Waals surface area contributed by atoms with E-state index >= 15 is 0 Å². The Hall–Kier alpha value is -4.36. The Labute approximate surface area is 212 Å². The number of carbonyl (C=O) groups excluding carboxylic acids is 3. The highest BCUT2D eigenvalue weighted by Crippen LogP contribution is 2.34. The van der Waals surface area contributed by atoms with E-state index in [1.165, 1.54) is 0 Å². The summed E-state index contributed by atoms with van der Waals surface area (Å²) in [5.41, 5.74) is -0.264. The number of hydrogen-bond acceptors (Lipinski definition) is 4. The number of nitrogens with zero attached hydrogens (tertiary/aromatic N) is 1. The first-order valence-electron chi connectivity index (χ1n) is 11.3. The van der Waals surface area contributed by atoms with E-state index in [4.69, 9.17) is 16.3 Å². The molecule has 1 aliphatic rings. The molecule has 180 valence electrons. The molecular weight excluding hydrogens is 478 g/mol. The van der Waals surface area contributed by atoms with E-state index in [2.05, 4.69) is 10.6 Å². The van der Waals surface area contributed by atoms with Gasteiger partial charge in [0.15, 0.2) is 5.75 Å². The number of imide groups is 1. The van der Waals surface area contributed by atoms with Gasteiger partial charge in [0.2, 0.25) is 5.91 Å². The minimum absolute atomic E-state index is 0.372. The number of rotatable bonds is 6. The van der Waals surface area contributed by atoms with Crippen LogP contribution in [-0.4, -0.2) is 29.3 Å². The van der Waals surface area contributed by atoms with Gasteiger partial charge in [-0.05, 0) is 53.6 Å². The topological polar surface area (TPSA) is 87.7 Å². The van der Waals surface area contributed by atoms with Crippen molar-refractivity contribution in [2.75, 3.05) is 11.9 Å². The van der Waals surface area contributed by atoms with E-state index < -0.39 is 29.9 Å². The van der Waals surface area contributed by atoms with Gasteiger partial charge in [0.05, 0.1) is 10.7 Å². The quantitative estimate of drug-likeness (QED) is 0.333. The van der Waals surface area contributed by atoms with Crippen molar-refractivity contribution < 1.29 is 19.1 Å². The summed E-state index contributed by atoms with van der Waals surface area (Å²) in [6.07, 6.45) is 0. The monoisotopic (exact) mass is 499 g/mol. The van der Waals surface area contributed by atoms with Crippen molar-refractivity contribution in [2.45, 2.75) is 12.5 Å². The van der Waals surface area contributed by atoms with Crippen LogP contribution < -0.4 is 15.4 Å². The van der Waals surface area contributed by atoms with E-state index in [9.17, 15) is 14.4 Å². The molecule has 0 spiro atoms. The number of urea groups is 1. The maximum absolute atomic E-state index is 13.3. The number of nitrogens with one attached hydrogen (secondary N) is 2. The van der Waals surface area contributed by atoms with Crippen molar-refractivity contribution >= 4 is 45.9 Å². The van der Waals surface area contributed by atoms with Crippen LogP contribution in [0.1, 0.15) is 12.5 Å². The molecule has 1 aliphatic heterocycles. The maximum Gasteiger partial charge on any atom is 0.325 e. The third-order valence-electron chi connectivity index (χ3n) is 6.12. The van der Waals surface area contributed by atoms with Crippen LogP contribution in [0.5, 0.6) is 11.5 Å². The molecule has 1 heterocycles. The summed E-state index contributed by atoms with van der Waals surface area (Å²) in [7, 11) is 0. The minimum atomic E-state index is -1.29. The Kier molecular flexibility index (Phi) is 6.08. The lowest BCUT2D eigenvalue weighted by Crippen LogP contribution is -2.42. The minimum Gasteiger partial charge on any atom is -0.454 e. The largest absolute Gasteiger partial charge is 0.454 e. The number of carbonyl (C=O) groups is 3. The van der Waals surface area contributed by atoms with E-state index in [1.54, 1.807) is 55.5 Å². The van der Waals surface area contributed by atoms with Gasteiger partial charge in [-0.3, -0.25) is 14.5 Å². The van der Waals surface area contributed by atoms with Crippen molar-refractivity contribution in [1.29, 1.82) is 0 Å². The van der Waals surface area contributed by atoms with Gasteiger partial charge in [-0.15, -0.1) is 0 Å². The maximum atomic E-state index is 13.3. The molecule has 1 saturated heterocycles.